The van der Waals surface area contributed by atoms with Gasteiger partial charge < -0.3 is 10.1 Å². The molecule has 3 aromatic carbocycles. The standard InChI is InChI=1S/C22H19FN4O2/c1-29-19-4-2-3-16(11-19)14-27-21-10-7-17(12-20(21)25-26-27)22(28)24-13-15-5-8-18(23)9-6-15/h2-12H,13-14H2,1H3,(H,24,28). The van der Waals surface area contributed by atoms with Crippen molar-refractivity contribution in [3.63, 3.8) is 0 Å². The first-order valence-corrected chi connectivity index (χ1v) is 9.11. The number of benzene rings is 3. The number of amides is 1. The van der Waals surface area contributed by atoms with Crippen LogP contribution in [0.25, 0.3) is 11.0 Å². The summed E-state index contributed by atoms with van der Waals surface area (Å²) in [6.07, 6.45) is 0. The van der Waals surface area contributed by atoms with Crippen molar-refractivity contribution in [3.8, 4) is 5.75 Å². The lowest BCUT2D eigenvalue weighted by molar-refractivity contribution is 0.0951. The second kappa shape index (κ2) is 8.10. The van der Waals surface area contributed by atoms with E-state index >= 15 is 0 Å². The molecule has 4 rings (SSSR count). The van der Waals surface area contributed by atoms with Gasteiger partial charge in [0.15, 0.2) is 0 Å². The van der Waals surface area contributed by atoms with Gasteiger partial charge >= 0.3 is 0 Å². The molecule has 1 heterocycles. The van der Waals surface area contributed by atoms with Gasteiger partial charge in [0, 0.05) is 12.1 Å². The third-order valence-electron chi connectivity index (χ3n) is 4.61. The zero-order valence-corrected chi connectivity index (χ0v) is 15.8. The number of aromatic nitrogens is 3. The minimum absolute atomic E-state index is 0.224. The van der Waals surface area contributed by atoms with Crippen LogP contribution >= 0.6 is 0 Å². The molecule has 0 aliphatic rings. The van der Waals surface area contributed by atoms with Crippen LogP contribution in [0.3, 0.4) is 0 Å². The summed E-state index contributed by atoms with van der Waals surface area (Å²) < 4.78 is 20.0. The number of hydrogen-bond acceptors (Lipinski definition) is 4. The molecule has 0 saturated heterocycles. The van der Waals surface area contributed by atoms with Gasteiger partial charge in [0.25, 0.3) is 5.91 Å². The molecule has 0 radical (unpaired) electrons. The first-order chi connectivity index (χ1) is 14.1. The van der Waals surface area contributed by atoms with Crippen LogP contribution in [-0.4, -0.2) is 28.0 Å². The van der Waals surface area contributed by atoms with Crippen LogP contribution in [0.5, 0.6) is 5.75 Å². The van der Waals surface area contributed by atoms with Crippen molar-refractivity contribution in [2.24, 2.45) is 0 Å². The maximum absolute atomic E-state index is 13.0. The van der Waals surface area contributed by atoms with E-state index in [2.05, 4.69) is 15.6 Å². The highest BCUT2D eigenvalue weighted by Gasteiger charge is 2.11. The van der Waals surface area contributed by atoms with Gasteiger partial charge in [0.05, 0.1) is 19.2 Å². The van der Waals surface area contributed by atoms with E-state index < -0.39 is 0 Å². The molecule has 0 fully saturated rings. The van der Waals surface area contributed by atoms with Gasteiger partial charge in [-0.3, -0.25) is 4.79 Å². The predicted octanol–water partition coefficient (Wildman–Crippen LogP) is 3.56. The number of hydrogen-bond donors (Lipinski definition) is 1. The van der Waals surface area contributed by atoms with Crippen molar-refractivity contribution in [2.75, 3.05) is 7.11 Å². The highest BCUT2D eigenvalue weighted by molar-refractivity contribution is 5.97. The molecule has 0 atom stereocenters. The Morgan fingerprint density at radius 3 is 2.69 bits per heavy atom. The fourth-order valence-corrected chi connectivity index (χ4v) is 3.06. The number of fused-ring (bicyclic) bond motifs is 1. The van der Waals surface area contributed by atoms with Gasteiger partial charge in [0.2, 0.25) is 0 Å². The van der Waals surface area contributed by atoms with Crippen molar-refractivity contribution in [1.82, 2.24) is 20.3 Å². The van der Waals surface area contributed by atoms with Crippen LogP contribution in [0, 0.1) is 5.82 Å². The Kier molecular flexibility index (Phi) is 5.20. The Morgan fingerprint density at radius 2 is 1.90 bits per heavy atom. The molecule has 0 spiro atoms. The Hall–Kier alpha value is -3.74. The molecule has 0 aliphatic carbocycles. The second-order valence-electron chi connectivity index (χ2n) is 6.61. The number of nitrogens with zero attached hydrogens (tertiary/aromatic N) is 3. The van der Waals surface area contributed by atoms with Gasteiger partial charge in [-0.15, -0.1) is 5.10 Å². The molecule has 4 aromatic rings. The molecule has 0 saturated carbocycles. The molecule has 6 nitrogen and oxygen atoms in total. The normalized spacial score (nSPS) is 10.8. The lowest BCUT2D eigenvalue weighted by Gasteiger charge is -2.07. The summed E-state index contributed by atoms with van der Waals surface area (Å²) in [4.78, 5) is 12.4. The Labute approximate surface area is 166 Å². The first-order valence-electron chi connectivity index (χ1n) is 9.11. The number of halogens is 1. The number of rotatable bonds is 6. The molecule has 0 aliphatic heterocycles. The molecule has 146 valence electrons. The number of nitrogens with one attached hydrogen (secondary N) is 1. The summed E-state index contributed by atoms with van der Waals surface area (Å²) in [5, 5.41) is 11.2. The Bertz CT molecular complexity index is 1160. The molecular weight excluding hydrogens is 371 g/mol. The zero-order valence-electron chi connectivity index (χ0n) is 15.8. The second-order valence-corrected chi connectivity index (χ2v) is 6.61. The molecule has 7 heteroatoms. The van der Waals surface area contributed by atoms with Crippen LogP contribution in [-0.2, 0) is 13.1 Å². The number of carbonyl (C=O) groups is 1. The molecular formula is C22H19FN4O2. The summed E-state index contributed by atoms with van der Waals surface area (Å²) in [5.41, 5.74) is 3.83. The van der Waals surface area contributed by atoms with Gasteiger partial charge in [-0.1, -0.05) is 29.5 Å². The smallest absolute Gasteiger partial charge is 0.251 e. The maximum atomic E-state index is 13.0. The van der Waals surface area contributed by atoms with E-state index in [1.165, 1.54) is 12.1 Å². The van der Waals surface area contributed by atoms with Crippen LogP contribution in [0.4, 0.5) is 4.39 Å². The van der Waals surface area contributed by atoms with Gasteiger partial charge in [-0.25, -0.2) is 9.07 Å². The summed E-state index contributed by atoms with van der Waals surface area (Å²) in [6.45, 7) is 0.865. The number of methoxy groups -OCH3 is 1. The SMILES string of the molecule is COc1cccc(Cn2nnc3cc(C(=O)NCc4ccc(F)cc4)ccc32)c1. The summed E-state index contributed by atoms with van der Waals surface area (Å²) in [5.74, 6) is 0.258. The Balaban J connectivity index is 1.48. The van der Waals surface area contributed by atoms with Crippen molar-refractivity contribution in [1.29, 1.82) is 0 Å². The maximum Gasteiger partial charge on any atom is 0.251 e. The first kappa shape index (κ1) is 18.6. The molecule has 1 amide bonds. The van der Waals surface area contributed by atoms with Crippen molar-refractivity contribution in [2.45, 2.75) is 13.1 Å². The minimum Gasteiger partial charge on any atom is -0.497 e. The average molecular weight is 390 g/mol. The third-order valence-corrected chi connectivity index (χ3v) is 4.61. The van der Waals surface area contributed by atoms with Crippen LogP contribution in [0.15, 0.2) is 66.7 Å². The molecule has 0 unspecified atom stereocenters. The number of carbonyl (C=O) groups excluding carboxylic acids is 1. The monoisotopic (exact) mass is 390 g/mol. The highest BCUT2D eigenvalue weighted by Crippen LogP contribution is 2.18. The largest absolute Gasteiger partial charge is 0.497 e. The average Bonchev–Trinajstić information content (AvgIpc) is 3.15. The van der Waals surface area contributed by atoms with Gasteiger partial charge in [0.1, 0.15) is 17.1 Å². The van der Waals surface area contributed by atoms with Crippen LogP contribution < -0.4 is 10.1 Å². The Morgan fingerprint density at radius 1 is 1.07 bits per heavy atom. The summed E-state index contributed by atoms with van der Waals surface area (Å²) in [7, 11) is 1.63. The summed E-state index contributed by atoms with van der Waals surface area (Å²) >= 11 is 0. The quantitative estimate of drug-likeness (QED) is 0.547. The van der Waals surface area contributed by atoms with E-state index in [0.717, 1.165) is 22.4 Å². The van der Waals surface area contributed by atoms with E-state index in [1.54, 1.807) is 36.1 Å². The molecule has 1 N–H and O–H groups in total. The predicted molar refractivity (Wildman–Crippen MR) is 107 cm³/mol. The number of ether oxygens (including phenoxy) is 1. The summed E-state index contributed by atoms with van der Waals surface area (Å²) in [6, 6.07) is 19.1. The molecule has 0 bridgehead atoms. The topological polar surface area (TPSA) is 69.0 Å². The fourth-order valence-electron chi connectivity index (χ4n) is 3.06. The van der Waals surface area contributed by atoms with Crippen molar-refractivity contribution >= 4 is 16.9 Å². The molecule has 1 aromatic heterocycles. The van der Waals surface area contributed by atoms with Gasteiger partial charge in [-0.2, -0.15) is 0 Å². The zero-order chi connectivity index (χ0) is 20.2. The molecule has 29 heavy (non-hydrogen) atoms. The van der Waals surface area contributed by atoms with E-state index in [0.29, 0.717) is 24.2 Å². The van der Waals surface area contributed by atoms with Crippen molar-refractivity contribution in [3.05, 3.63) is 89.2 Å². The van der Waals surface area contributed by atoms with Crippen LogP contribution in [0.2, 0.25) is 0 Å². The van der Waals surface area contributed by atoms with E-state index in [9.17, 15) is 9.18 Å². The van der Waals surface area contributed by atoms with Crippen molar-refractivity contribution < 1.29 is 13.9 Å². The fraction of sp³-hybridized carbons (Fsp3) is 0.136. The van der Waals surface area contributed by atoms with E-state index in [-0.39, 0.29) is 11.7 Å². The lowest BCUT2D eigenvalue weighted by atomic mass is 10.1. The van der Waals surface area contributed by atoms with Gasteiger partial charge in [-0.05, 0) is 53.6 Å². The van der Waals surface area contributed by atoms with E-state index in [1.807, 2.05) is 30.3 Å². The van der Waals surface area contributed by atoms with Crippen LogP contribution in [0.1, 0.15) is 21.5 Å². The third kappa shape index (κ3) is 4.24. The highest BCUT2D eigenvalue weighted by atomic mass is 19.1. The lowest BCUT2D eigenvalue weighted by Crippen LogP contribution is -2.22. The van der Waals surface area contributed by atoms with E-state index in [4.69, 9.17) is 4.74 Å². The minimum atomic E-state index is -0.303.